The van der Waals surface area contributed by atoms with Crippen molar-refractivity contribution in [3.05, 3.63) is 53.4 Å². The standard InChI is InChI=1S/C31H33N5O8/c1-16-21-14-32-30(41)22-13-19(33-29(40)20-6-9-27(38)34-20)15-36(22)28(39)10-4-17-3-7-23(37)25(11-17)44-26-12-18(31(35-21)43-16)5-8-24(26)42-2/h3,5,7-8,11-12,19-20,22,37H,4,6,9-10,13-15H2,1-2H3,(H,32,41)(H,33,40)(H,34,38)/t19-,20+,22-/m0/s1. The molecule has 0 spiro atoms. The third kappa shape index (κ3) is 5.90. The van der Waals surface area contributed by atoms with E-state index in [1.54, 1.807) is 37.3 Å². The van der Waals surface area contributed by atoms with Gasteiger partial charge in [0.1, 0.15) is 23.5 Å². The topological polar surface area (TPSA) is 172 Å². The Bertz CT molecular complexity index is 1630. The average Bonchev–Trinajstić information content (AvgIpc) is 3.74. The van der Waals surface area contributed by atoms with E-state index in [0.29, 0.717) is 47.2 Å². The number of oxazole rings is 1. The van der Waals surface area contributed by atoms with Gasteiger partial charge in [-0.15, -0.1) is 0 Å². The molecule has 4 amide bonds. The quantitative estimate of drug-likeness (QED) is 0.350. The third-order valence-electron chi connectivity index (χ3n) is 8.19. The minimum absolute atomic E-state index is 0.0653. The zero-order chi connectivity index (χ0) is 31.0. The van der Waals surface area contributed by atoms with Crippen LogP contribution in [0.5, 0.6) is 23.0 Å². The predicted molar refractivity (Wildman–Crippen MR) is 155 cm³/mol. The first-order valence-corrected chi connectivity index (χ1v) is 14.5. The van der Waals surface area contributed by atoms with E-state index < -0.39 is 18.1 Å². The molecule has 0 radical (unpaired) electrons. The number of phenolic OH excluding ortho intramolecular Hbond substituents is 1. The molecular formula is C31H33N5O8. The Morgan fingerprint density at radius 3 is 2.73 bits per heavy atom. The number of fused-ring (bicyclic) bond motifs is 8. The molecule has 44 heavy (non-hydrogen) atoms. The van der Waals surface area contributed by atoms with Gasteiger partial charge in [0.05, 0.1) is 13.7 Å². The highest BCUT2D eigenvalue weighted by Gasteiger charge is 2.41. The summed E-state index contributed by atoms with van der Waals surface area (Å²) >= 11 is 0. The maximum atomic E-state index is 13.5. The maximum Gasteiger partial charge on any atom is 0.243 e. The van der Waals surface area contributed by atoms with Crippen molar-refractivity contribution in [2.24, 2.45) is 0 Å². The summed E-state index contributed by atoms with van der Waals surface area (Å²) in [5.74, 6) is 0.498. The molecule has 4 N–H and O–H groups in total. The number of nitrogens with one attached hydrogen (secondary N) is 3. The second-order valence-corrected chi connectivity index (χ2v) is 11.2. The van der Waals surface area contributed by atoms with E-state index in [1.807, 2.05) is 0 Å². The molecule has 13 heteroatoms. The molecular weight excluding hydrogens is 570 g/mol. The van der Waals surface area contributed by atoms with E-state index in [1.165, 1.54) is 18.1 Å². The number of rotatable bonds is 3. The Hall–Kier alpha value is -5.07. The first-order valence-electron chi connectivity index (χ1n) is 14.5. The Kier molecular flexibility index (Phi) is 7.85. The highest BCUT2D eigenvalue weighted by atomic mass is 16.5. The van der Waals surface area contributed by atoms with Crippen molar-refractivity contribution in [1.29, 1.82) is 0 Å². The van der Waals surface area contributed by atoms with Crippen LogP contribution in [0, 0.1) is 6.92 Å². The van der Waals surface area contributed by atoms with E-state index in [0.717, 1.165) is 5.56 Å². The molecule has 13 nitrogen and oxygen atoms in total. The average molecular weight is 604 g/mol. The molecule has 0 unspecified atom stereocenters. The number of benzene rings is 2. The fourth-order valence-electron chi connectivity index (χ4n) is 5.78. The van der Waals surface area contributed by atoms with Gasteiger partial charge in [0.15, 0.2) is 23.0 Å². The van der Waals surface area contributed by atoms with Crippen molar-refractivity contribution >= 4 is 23.6 Å². The third-order valence-corrected chi connectivity index (χ3v) is 8.19. The number of methoxy groups -OCH3 is 1. The number of aromatic nitrogens is 1. The van der Waals surface area contributed by atoms with E-state index in [2.05, 4.69) is 20.9 Å². The van der Waals surface area contributed by atoms with Gasteiger partial charge in [-0.2, -0.15) is 0 Å². The van der Waals surface area contributed by atoms with Crippen molar-refractivity contribution in [3.63, 3.8) is 0 Å². The number of carbonyl (C=O) groups is 4. The molecule has 0 aliphatic carbocycles. The molecule has 2 aromatic carbocycles. The second-order valence-electron chi connectivity index (χ2n) is 11.2. The summed E-state index contributed by atoms with van der Waals surface area (Å²) in [6.07, 6.45) is 1.30. The lowest BCUT2D eigenvalue weighted by molar-refractivity contribution is -0.138. The number of amides is 4. The molecule has 3 aliphatic rings. The molecule has 3 aliphatic heterocycles. The number of hydrogen-bond acceptors (Lipinski definition) is 9. The fraction of sp³-hybridized carbons (Fsp3) is 0.387. The lowest BCUT2D eigenvalue weighted by atomic mass is 10.1. The number of ether oxygens (including phenoxy) is 2. The summed E-state index contributed by atoms with van der Waals surface area (Å²) in [4.78, 5) is 57.5. The van der Waals surface area contributed by atoms with Crippen LogP contribution in [0.3, 0.4) is 0 Å². The van der Waals surface area contributed by atoms with Gasteiger partial charge >= 0.3 is 0 Å². The smallest absolute Gasteiger partial charge is 0.243 e. The van der Waals surface area contributed by atoms with Gasteiger partial charge in [-0.1, -0.05) is 6.07 Å². The molecule has 0 saturated carbocycles. The molecule has 1 aromatic heterocycles. The van der Waals surface area contributed by atoms with Crippen LogP contribution in [0.25, 0.3) is 11.5 Å². The number of nitrogens with zero attached hydrogens (tertiary/aromatic N) is 2. The van der Waals surface area contributed by atoms with Crippen LogP contribution >= 0.6 is 0 Å². The van der Waals surface area contributed by atoms with Crippen molar-refractivity contribution in [1.82, 2.24) is 25.8 Å². The van der Waals surface area contributed by atoms with Gasteiger partial charge in [0, 0.05) is 31.0 Å². The van der Waals surface area contributed by atoms with Gasteiger partial charge in [-0.25, -0.2) is 4.98 Å². The summed E-state index contributed by atoms with van der Waals surface area (Å²) in [7, 11) is 1.51. The summed E-state index contributed by atoms with van der Waals surface area (Å²) in [6, 6.07) is 8.08. The summed E-state index contributed by atoms with van der Waals surface area (Å²) in [6.45, 7) is 1.95. The van der Waals surface area contributed by atoms with Crippen LogP contribution in [0.15, 0.2) is 40.8 Å². The minimum Gasteiger partial charge on any atom is -0.504 e. The van der Waals surface area contributed by atoms with Crippen molar-refractivity contribution < 1.29 is 38.2 Å². The van der Waals surface area contributed by atoms with E-state index in [4.69, 9.17) is 13.9 Å². The van der Waals surface area contributed by atoms with Crippen molar-refractivity contribution in [2.45, 2.75) is 63.7 Å². The summed E-state index contributed by atoms with van der Waals surface area (Å²) in [5, 5.41) is 19.0. The largest absolute Gasteiger partial charge is 0.504 e. The number of hydrogen-bond donors (Lipinski definition) is 4. The second kappa shape index (κ2) is 11.9. The van der Waals surface area contributed by atoms with Crippen LogP contribution in [0.1, 0.15) is 42.7 Å². The van der Waals surface area contributed by atoms with Gasteiger partial charge in [-0.05, 0) is 62.1 Å². The molecule has 6 rings (SSSR count). The monoisotopic (exact) mass is 603 g/mol. The van der Waals surface area contributed by atoms with Gasteiger partial charge in [0.2, 0.25) is 29.5 Å². The van der Waals surface area contributed by atoms with Crippen LogP contribution in [-0.4, -0.2) is 70.4 Å². The Balaban J connectivity index is 1.30. The fourth-order valence-corrected chi connectivity index (χ4v) is 5.78. The minimum atomic E-state index is -0.820. The Morgan fingerprint density at radius 1 is 1.11 bits per heavy atom. The first kappa shape index (κ1) is 29.0. The van der Waals surface area contributed by atoms with E-state index in [-0.39, 0.29) is 67.5 Å². The predicted octanol–water partition coefficient (Wildman–Crippen LogP) is 2.08. The maximum absolute atomic E-state index is 13.5. The van der Waals surface area contributed by atoms with Gasteiger partial charge < -0.3 is 39.8 Å². The normalized spacial score (nSPS) is 21.8. The molecule has 3 atom stereocenters. The molecule has 4 heterocycles. The van der Waals surface area contributed by atoms with Crippen LogP contribution < -0.4 is 25.4 Å². The molecule has 6 bridgehead atoms. The zero-order valence-electron chi connectivity index (χ0n) is 24.3. The van der Waals surface area contributed by atoms with Gasteiger partial charge in [0.25, 0.3) is 0 Å². The number of phenols is 1. The zero-order valence-corrected chi connectivity index (χ0v) is 24.3. The summed E-state index contributed by atoms with van der Waals surface area (Å²) < 4.78 is 17.5. The number of aromatic hydroxyl groups is 1. The SMILES string of the molecule is COc1ccc2cc1Oc1cc(ccc1O)CCC(=O)N1C[C@@H](NC(=O)[C@H]3CCC(=O)N3)C[C@H]1C(=O)NCc1nc-2oc1C. The first-order chi connectivity index (χ1) is 21.2. The van der Waals surface area contributed by atoms with Gasteiger partial charge in [-0.3, -0.25) is 19.2 Å². The highest BCUT2D eigenvalue weighted by molar-refractivity contribution is 5.92. The van der Waals surface area contributed by atoms with Crippen LogP contribution in [-0.2, 0) is 32.1 Å². The van der Waals surface area contributed by atoms with E-state index in [9.17, 15) is 24.3 Å². The van der Waals surface area contributed by atoms with Crippen molar-refractivity contribution in [2.75, 3.05) is 13.7 Å². The lowest BCUT2D eigenvalue weighted by Crippen LogP contribution is -2.47. The number of aryl methyl sites for hydroxylation is 2. The molecule has 3 aromatic rings. The van der Waals surface area contributed by atoms with Crippen molar-refractivity contribution in [3.8, 4) is 34.5 Å². The lowest BCUT2D eigenvalue weighted by Gasteiger charge is -2.24. The molecule has 2 saturated heterocycles. The molecule has 230 valence electrons. The number of carbonyl (C=O) groups excluding carboxylic acids is 4. The summed E-state index contributed by atoms with van der Waals surface area (Å²) in [5.41, 5.74) is 1.84. The van der Waals surface area contributed by atoms with Crippen LogP contribution in [0.4, 0.5) is 0 Å². The Morgan fingerprint density at radius 2 is 1.95 bits per heavy atom. The van der Waals surface area contributed by atoms with Crippen LogP contribution in [0.2, 0.25) is 0 Å². The highest BCUT2D eigenvalue weighted by Crippen LogP contribution is 2.39. The Labute approximate surface area is 252 Å². The molecule has 2 fully saturated rings. The van der Waals surface area contributed by atoms with E-state index >= 15 is 0 Å².